The Bertz CT molecular complexity index is 993. The smallest absolute Gasteiger partial charge is 0.279 e. The summed E-state index contributed by atoms with van der Waals surface area (Å²) < 4.78 is 6.49. The molecule has 9 heteroatoms. The molecule has 1 unspecified atom stereocenters. The maximum Gasteiger partial charge on any atom is 0.279 e. The minimum Gasteiger partial charge on any atom is -0.481 e. The molecule has 0 radical (unpaired) electrons. The second-order valence-corrected chi connectivity index (χ2v) is 6.80. The van der Waals surface area contributed by atoms with E-state index >= 15 is 0 Å². The van der Waals surface area contributed by atoms with Crippen molar-refractivity contribution in [3.05, 3.63) is 54.1 Å². The van der Waals surface area contributed by atoms with Crippen LogP contribution in [0.5, 0.6) is 5.75 Å². The van der Waals surface area contributed by atoms with Gasteiger partial charge in [0.25, 0.3) is 11.8 Å². The number of benzene rings is 2. The SMILES string of the molecule is CC(Oc1ccc(C#N)cc1)C(=O)NNC(=O)CNc1nc2ccccc2s1. The third-order valence-electron chi connectivity index (χ3n) is 3.68. The average molecular weight is 395 g/mol. The van der Waals surface area contributed by atoms with Gasteiger partial charge < -0.3 is 10.1 Å². The van der Waals surface area contributed by atoms with E-state index in [0.717, 1.165) is 10.2 Å². The van der Waals surface area contributed by atoms with Crippen molar-refractivity contribution in [2.75, 3.05) is 11.9 Å². The third kappa shape index (κ3) is 4.96. The first-order valence-corrected chi connectivity index (χ1v) is 9.22. The van der Waals surface area contributed by atoms with Gasteiger partial charge >= 0.3 is 0 Å². The zero-order valence-electron chi connectivity index (χ0n) is 14.9. The molecular formula is C19H17N5O3S. The summed E-state index contributed by atoms with van der Waals surface area (Å²) in [6.45, 7) is 1.52. The molecule has 1 heterocycles. The maximum atomic E-state index is 12.0. The van der Waals surface area contributed by atoms with E-state index in [4.69, 9.17) is 10.00 Å². The number of ether oxygens (including phenoxy) is 1. The van der Waals surface area contributed by atoms with E-state index in [1.54, 1.807) is 31.2 Å². The second-order valence-electron chi connectivity index (χ2n) is 5.77. The van der Waals surface area contributed by atoms with E-state index in [9.17, 15) is 9.59 Å². The van der Waals surface area contributed by atoms with Crippen LogP contribution in [-0.2, 0) is 9.59 Å². The molecule has 28 heavy (non-hydrogen) atoms. The van der Waals surface area contributed by atoms with Gasteiger partial charge in [-0.2, -0.15) is 5.26 Å². The molecule has 142 valence electrons. The highest BCUT2D eigenvalue weighted by atomic mass is 32.1. The lowest BCUT2D eigenvalue weighted by atomic mass is 10.2. The van der Waals surface area contributed by atoms with Crippen molar-refractivity contribution in [2.45, 2.75) is 13.0 Å². The number of anilines is 1. The fraction of sp³-hybridized carbons (Fsp3) is 0.158. The van der Waals surface area contributed by atoms with Crippen LogP contribution in [0, 0.1) is 11.3 Å². The number of nitrogens with one attached hydrogen (secondary N) is 3. The predicted octanol–water partition coefficient (Wildman–Crippen LogP) is 2.19. The lowest BCUT2D eigenvalue weighted by Gasteiger charge is -2.15. The number of carbonyl (C=O) groups is 2. The summed E-state index contributed by atoms with van der Waals surface area (Å²) in [5.41, 5.74) is 6.00. The van der Waals surface area contributed by atoms with E-state index in [-0.39, 0.29) is 6.54 Å². The molecule has 0 saturated carbocycles. The number of aromatic nitrogens is 1. The van der Waals surface area contributed by atoms with Crippen LogP contribution in [0.25, 0.3) is 10.2 Å². The highest BCUT2D eigenvalue weighted by molar-refractivity contribution is 7.22. The number of amides is 2. The van der Waals surface area contributed by atoms with Gasteiger partial charge in [-0.15, -0.1) is 0 Å². The van der Waals surface area contributed by atoms with Crippen LogP contribution < -0.4 is 20.9 Å². The van der Waals surface area contributed by atoms with E-state index in [2.05, 4.69) is 21.2 Å². The number of thiazole rings is 1. The Labute approximate surface area is 165 Å². The highest BCUT2D eigenvalue weighted by Crippen LogP contribution is 2.24. The normalized spacial score (nSPS) is 11.3. The number of fused-ring (bicyclic) bond motifs is 1. The third-order valence-corrected chi connectivity index (χ3v) is 4.68. The highest BCUT2D eigenvalue weighted by Gasteiger charge is 2.15. The quantitative estimate of drug-likeness (QED) is 0.551. The molecule has 1 aromatic heterocycles. The predicted molar refractivity (Wildman–Crippen MR) is 106 cm³/mol. The summed E-state index contributed by atoms with van der Waals surface area (Å²) in [4.78, 5) is 28.3. The summed E-state index contributed by atoms with van der Waals surface area (Å²) in [7, 11) is 0. The van der Waals surface area contributed by atoms with Gasteiger partial charge in [0.1, 0.15) is 5.75 Å². The van der Waals surface area contributed by atoms with Crippen molar-refractivity contribution >= 4 is 38.5 Å². The van der Waals surface area contributed by atoms with Crippen LogP contribution in [0.15, 0.2) is 48.5 Å². The summed E-state index contributed by atoms with van der Waals surface area (Å²) in [6, 6.07) is 16.1. The molecule has 3 N–H and O–H groups in total. The number of nitrogens with zero attached hydrogens (tertiary/aromatic N) is 2. The Morgan fingerprint density at radius 3 is 2.64 bits per heavy atom. The Balaban J connectivity index is 1.42. The van der Waals surface area contributed by atoms with E-state index < -0.39 is 17.9 Å². The molecule has 2 amide bonds. The second kappa shape index (κ2) is 8.83. The fourth-order valence-corrected chi connectivity index (χ4v) is 3.11. The van der Waals surface area contributed by atoms with Crippen LogP contribution in [0.2, 0.25) is 0 Å². The summed E-state index contributed by atoms with van der Waals surface area (Å²) in [6.07, 6.45) is -0.828. The standard InChI is InChI=1S/C19H17N5O3S/c1-12(27-14-8-6-13(10-20)7-9-14)18(26)24-23-17(25)11-21-19-22-15-4-2-3-5-16(15)28-19/h2-9,12H,11H2,1H3,(H,21,22)(H,23,25)(H,24,26). The number of nitriles is 1. The molecule has 8 nitrogen and oxygen atoms in total. The Morgan fingerprint density at radius 1 is 1.18 bits per heavy atom. The Kier molecular flexibility index (Phi) is 6.04. The average Bonchev–Trinajstić information content (AvgIpc) is 3.14. The van der Waals surface area contributed by atoms with Crippen molar-refractivity contribution in [3.63, 3.8) is 0 Å². The number of rotatable bonds is 6. The molecule has 0 aliphatic rings. The number of carbonyl (C=O) groups excluding carboxylic acids is 2. The number of hydrazine groups is 1. The minimum absolute atomic E-state index is 0.0367. The van der Waals surface area contributed by atoms with E-state index in [1.807, 2.05) is 30.3 Å². The molecule has 0 bridgehead atoms. The molecule has 3 aromatic rings. The molecule has 3 rings (SSSR count). The molecule has 0 aliphatic heterocycles. The lowest BCUT2D eigenvalue weighted by Crippen LogP contribution is -2.48. The summed E-state index contributed by atoms with van der Waals surface area (Å²) in [5, 5.41) is 12.3. The van der Waals surface area contributed by atoms with Crippen LogP contribution in [0.3, 0.4) is 0 Å². The first kappa shape index (κ1) is 19.1. The fourth-order valence-electron chi connectivity index (χ4n) is 2.25. The molecule has 0 aliphatic carbocycles. The number of para-hydroxylation sites is 1. The number of hydrogen-bond donors (Lipinski definition) is 3. The summed E-state index contributed by atoms with van der Waals surface area (Å²) in [5.74, 6) is -0.471. The Hall–Kier alpha value is -3.64. The van der Waals surface area contributed by atoms with Gasteiger partial charge in [-0.3, -0.25) is 20.4 Å². The lowest BCUT2D eigenvalue weighted by molar-refractivity contribution is -0.132. The van der Waals surface area contributed by atoms with Crippen molar-refractivity contribution in [2.24, 2.45) is 0 Å². The zero-order valence-corrected chi connectivity index (χ0v) is 15.7. The number of hydrogen-bond acceptors (Lipinski definition) is 7. The van der Waals surface area contributed by atoms with Gasteiger partial charge in [-0.05, 0) is 43.3 Å². The van der Waals surface area contributed by atoms with E-state index in [0.29, 0.717) is 16.4 Å². The molecule has 0 saturated heterocycles. The topological polar surface area (TPSA) is 116 Å². The van der Waals surface area contributed by atoms with Crippen molar-refractivity contribution in [1.29, 1.82) is 5.26 Å². The van der Waals surface area contributed by atoms with Crippen molar-refractivity contribution in [3.8, 4) is 11.8 Å². The Morgan fingerprint density at radius 2 is 1.93 bits per heavy atom. The first-order valence-electron chi connectivity index (χ1n) is 8.40. The van der Waals surface area contributed by atoms with Crippen molar-refractivity contribution < 1.29 is 14.3 Å². The maximum absolute atomic E-state index is 12.0. The molecule has 0 spiro atoms. The van der Waals surface area contributed by atoms with Crippen LogP contribution in [0.1, 0.15) is 12.5 Å². The van der Waals surface area contributed by atoms with E-state index in [1.165, 1.54) is 11.3 Å². The van der Waals surface area contributed by atoms with Gasteiger partial charge in [0.2, 0.25) is 0 Å². The van der Waals surface area contributed by atoms with Crippen LogP contribution >= 0.6 is 11.3 Å². The monoisotopic (exact) mass is 395 g/mol. The minimum atomic E-state index is -0.828. The van der Waals surface area contributed by atoms with Crippen molar-refractivity contribution in [1.82, 2.24) is 15.8 Å². The molecule has 2 aromatic carbocycles. The van der Waals surface area contributed by atoms with Crippen LogP contribution in [0.4, 0.5) is 5.13 Å². The van der Waals surface area contributed by atoms with Gasteiger partial charge in [0.15, 0.2) is 11.2 Å². The molecule has 1 atom stereocenters. The van der Waals surface area contributed by atoms with Crippen LogP contribution in [-0.4, -0.2) is 29.4 Å². The van der Waals surface area contributed by atoms with Gasteiger partial charge in [-0.25, -0.2) is 4.98 Å². The molecular weight excluding hydrogens is 378 g/mol. The molecule has 0 fully saturated rings. The zero-order chi connectivity index (χ0) is 19.9. The summed E-state index contributed by atoms with van der Waals surface area (Å²) >= 11 is 1.44. The largest absolute Gasteiger partial charge is 0.481 e. The van der Waals surface area contributed by atoms with Gasteiger partial charge in [0.05, 0.1) is 28.4 Å². The first-order chi connectivity index (χ1) is 13.5. The van der Waals surface area contributed by atoms with Gasteiger partial charge in [0, 0.05) is 0 Å². The van der Waals surface area contributed by atoms with Gasteiger partial charge in [-0.1, -0.05) is 23.5 Å².